The first-order valence-electron chi connectivity index (χ1n) is 11.8. The zero-order valence-corrected chi connectivity index (χ0v) is 19.4. The van der Waals surface area contributed by atoms with Crippen molar-refractivity contribution in [3.8, 4) is 11.8 Å². The van der Waals surface area contributed by atoms with Crippen molar-refractivity contribution >= 4 is 5.97 Å². The highest BCUT2D eigenvalue weighted by Crippen LogP contribution is 2.40. The van der Waals surface area contributed by atoms with Crippen molar-refractivity contribution in [1.29, 1.82) is 5.26 Å². The number of carbonyl (C=O) groups is 1. The van der Waals surface area contributed by atoms with E-state index in [0.717, 1.165) is 44.2 Å². The van der Waals surface area contributed by atoms with Crippen molar-refractivity contribution in [3.63, 3.8) is 0 Å². The molecule has 1 atom stereocenters. The summed E-state index contributed by atoms with van der Waals surface area (Å²) in [5.41, 5.74) is 0.820. The topological polar surface area (TPSA) is 50.1 Å². The van der Waals surface area contributed by atoms with Crippen molar-refractivity contribution in [3.05, 3.63) is 100 Å². The maximum absolute atomic E-state index is 14.8. The third-order valence-corrected chi connectivity index (χ3v) is 6.91. The van der Waals surface area contributed by atoms with E-state index < -0.39 is 29.0 Å². The summed E-state index contributed by atoms with van der Waals surface area (Å²) >= 11 is 0. The highest BCUT2D eigenvalue weighted by atomic mass is 19.1. The number of nitrogens with zero attached hydrogens (tertiary/aromatic N) is 1. The van der Waals surface area contributed by atoms with Crippen LogP contribution in [0.5, 0.6) is 5.75 Å². The number of hydrogen-bond acceptors (Lipinski definition) is 3. The maximum atomic E-state index is 14.8. The van der Waals surface area contributed by atoms with Crippen LogP contribution in [0.3, 0.4) is 0 Å². The molecule has 0 amide bonds. The number of carbonyl (C=O) groups excluding carboxylic acids is 1. The molecule has 0 heterocycles. The van der Waals surface area contributed by atoms with Crippen molar-refractivity contribution in [2.24, 2.45) is 5.92 Å². The Bertz CT molecular complexity index is 1220. The molecule has 0 aromatic heterocycles. The summed E-state index contributed by atoms with van der Waals surface area (Å²) in [6.45, 7) is 2.23. The fourth-order valence-corrected chi connectivity index (χ4v) is 4.98. The Hall–Kier alpha value is -3.59. The van der Waals surface area contributed by atoms with Gasteiger partial charge >= 0.3 is 5.97 Å². The third kappa shape index (κ3) is 5.74. The molecule has 0 saturated heterocycles. The number of esters is 1. The normalized spacial score (nSPS) is 18.5. The molecule has 6 heteroatoms. The lowest BCUT2D eigenvalue weighted by Crippen LogP contribution is -2.17. The monoisotopic (exact) mass is 477 g/mol. The largest absolute Gasteiger partial charge is 0.423 e. The van der Waals surface area contributed by atoms with Gasteiger partial charge in [-0.15, -0.1) is 0 Å². The molecule has 1 fully saturated rings. The second-order valence-electron chi connectivity index (χ2n) is 9.27. The summed E-state index contributed by atoms with van der Waals surface area (Å²) in [5, 5.41) is 8.78. The van der Waals surface area contributed by atoms with E-state index in [9.17, 15) is 18.0 Å². The van der Waals surface area contributed by atoms with Gasteiger partial charge in [-0.25, -0.2) is 18.0 Å². The van der Waals surface area contributed by atoms with Crippen molar-refractivity contribution in [1.82, 2.24) is 0 Å². The van der Waals surface area contributed by atoms with Crippen molar-refractivity contribution in [2.45, 2.75) is 50.9 Å². The van der Waals surface area contributed by atoms with Gasteiger partial charge in [0, 0.05) is 6.07 Å². The highest BCUT2D eigenvalue weighted by molar-refractivity contribution is 5.91. The van der Waals surface area contributed by atoms with Crippen LogP contribution < -0.4 is 4.74 Å². The van der Waals surface area contributed by atoms with Gasteiger partial charge in [0.25, 0.3) is 0 Å². The van der Waals surface area contributed by atoms with Gasteiger partial charge in [-0.3, -0.25) is 0 Å². The maximum Gasteiger partial charge on any atom is 0.349 e. The first-order chi connectivity index (χ1) is 16.9. The minimum absolute atomic E-state index is 0.0278. The van der Waals surface area contributed by atoms with Crippen LogP contribution >= 0.6 is 0 Å². The van der Waals surface area contributed by atoms with Crippen LogP contribution in [-0.4, -0.2) is 5.97 Å². The van der Waals surface area contributed by atoms with Gasteiger partial charge in [-0.05, 0) is 85.3 Å². The molecule has 1 aliphatic carbocycles. The number of rotatable bonds is 6. The van der Waals surface area contributed by atoms with Crippen LogP contribution in [0.2, 0.25) is 0 Å². The first-order valence-corrected chi connectivity index (χ1v) is 11.8. The van der Waals surface area contributed by atoms with Gasteiger partial charge < -0.3 is 4.74 Å². The molecular weight excluding hydrogens is 451 g/mol. The molecule has 0 radical (unpaired) electrons. The molecule has 35 heavy (non-hydrogen) atoms. The zero-order valence-electron chi connectivity index (χ0n) is 19.4. The number of benzene rings is 3. The van der Waals surface area contributed by atoms with Crippen LogP contribution in [-0.2, 0) is 0 Å². The van der Waals surface area contributed by atoms with E-state index >= 15 is 0 Å². The predicted octanol–water partition coefficient (Wildman–Crippen LogP) is 7.66. The van der Waals surface area contributed by atoms with Crippen LogP contribution in [0, 0.1) is 34.7 Å². The number of ether oxygens (including phenoxy) is 1. The smallest absolute Gasteiger partial charge is 0.349 e. The van der Waals surface area contributed by atoms with E-state index in [1.165, 1.54) is 23.8 Å². The summed E-state index contributed by atoms with van der Waals surface area (Å²) in [7, 11) is 0. The molecule has 3 nitrogen and oxygen atoms in total. The minimum Gasteiger partial charge on any atom is -0.423 e. The Morgan fingerprint density at radius 3 is 2.23 bits per heavy atom. The van der Waals surface area contributed by atoms with E-state index in [1.807, 2.05) is 18.2 Å². The highest BCUT2D eigenvalue weighted by Gasteiger charge is 2.27. The second-order valence-corrected chi connectivity index (χ2v) is 9.27. The molecule has 0 aliphatic heterocycles. The molecule has 4 rings (SSSR count). The molecule has 0 bridgehead atoms. The lowest BCUT2D eigenvalue weighted by Gasteiger charge is -2.30. The lowest BCUT2D eigenvalue weighted by atomic mass is 9.75. The summed E-state index contributed by atoms with van der Waals surface area (Å²) in [5.74, 6) is -3.33. The molecule has 0 N–H and O–H groups in total. The summed E-state index contributed by atoms with van der Waals surface area (Å²) in [4.78, 5) is 12.4. The van der Waals surface area contributed by atoms with E-state index in [4.69, 9.17) is 10.00 Å². The van der Waals surface area contributed by atoms with E-state index in [1.54, 1.807) is 6.07 Å². The first kappa shape index (κ1) is 24.5. The molecule has 3 aromatic carbocycles. The zero-order chi connectivity index (χ0) is 24.9. The van der Waals surface area contributed by atoms with Crippen LogP contribution in [0.25, 0.3) is 0 Å². The fourth-order valence-electron chi connectivity index (χ4n) is 4.98. The van der Waals surface area contributed by atoms with Gasteiger partial charge in [0.1, 0.15) is 34.8 Å². The Labute approximate surface area is 203 Å². The summed E-state index contributed by atoms with van der Waals surface area (Å²) in [6.07, 6.45) is 4.72. The van der Waals surface area contributed by atoms with Crippen LogP contribution in [0.1, 0.15) is 77.9 Å². The van der Waals surface area contributed by atoms with Gasteiger partial charge in [0.05, 0.1) is 5.56 Å². The van der Waals surface area contributed by atoms with E-state index in [-0.39, 0.29) is 17.2 Å². The van der Waals surface area contributed by atoms with Crippen LogP contribution in [0.4, 0.5) is 13.2 Å². The minimum atomic E-state index is -1.26. The van der Waals surface area contributed by atoms with Gasteiger partial charge in [0.15, 0.2) is 0 Å². The molecule has 3 aromatic rings. The van der Waals surface area contributed by atoms with Crippen molar-refractivity contribution in [2.75, 3.05) is 0 Å². The standard InChI is InChI=1S/C29H26F3NO2/c1-18(20-5-3-2-4-6-20)13-19-7-9-21(10-8-19)23-14-26(31)28(27(32)15-23)29(34)35-24-12-11-22(17-33)25(30)16-24/h2-6,11-12,14-16,18-19,21H,7-10,13H2,1H3/t18-,19?,21?/m0/s1. The SMILES string of the molecule is C[C@@H](CC1CCC(c2cc(F)c(C(=O)Oc3ccc(C#N)c(F)c3)c(F)c2)CC1)c1ccccc1. The molecular formula is C29H26F3NO2. The Morgan fingerprint density at radius 2 is 1.63 bits per heavy atom. The molecule has 180 valence electrons. The van der Waals surface area contributed by atoms with E-state index in [0.29, 0.717) is 17.4 Å². The predicted molar refractivity (Wildman–Crippen MR) is 127 cm³/mol. The molecule has 0 unspecified atom stereocenters. The summed E-state index contributed by atoms with van der Waals surface area (Å²) in [6, 6.07) is 17.6. The fraction of sp³-hybridized carbons (Fsp3) is 0.310. The molecule has 1 saturated carbocycles. The second kappa shape index (κ2) is 10.8. The molecule has 1 aliphatic rings. The number of nitriles is 1. The van der Waals surface area contributed by atoms with Gasteiger partial charge in [0.2, 0.25) is 0 Å². The number of hydrogen-bond donors (Lipinski definition) is 0. The average Bonchev–Trinajstić information content (AvgIpc) is 2.84. The van der Waals surface area contributed by atoms with Crippen LogP contribution in [0.15, 0.2) is 60.7 Å². The average molecular weight is 478 g/mol. The Morgan fingerprint density at radius 1 is 0.971 bits per heavy atom. The Kier molecular flexibility index (Phi) is 7.55. The third-order valence-electron chi connectivity index (χ3n) is 6.91. The van der Waals surface area contributed by atoms with Gasteiger partial charge in [-0.1, -0.05) is 37.3 Å². The quantitative estimate of drug-likeness (QED) is 0.270. The van der Waals surface area contributed by atoms with Gasteiger partial charge in [-0.2, -0.15) is 5.26 Å². The van der Waals surface area contributed by atoms with E-state index in [2.05, 4.69) is 19.1 Å². The summed E-state index contributed by atoms with van der Waals surface area (Å²) < 4.78 is 48.3. The Balaban J connectivity index is 1.39. The molecule has 0 spiro atoms. The van der Waals surface area contributed by atoms with Crippen molar-refractivity contribution < 1.29 is 22.7 Å². The number of halogens is 3. The lowest BCUT2D eigenvalue weighted by molar-refractivity contribution is 0.0724.